The van der Waals surface area contributed by atoms with E-state index in [1.54, 1.807) is 6.07 Å². The summed E-state index contributed by atoms with van der Waals surface area (Å²) >= 11 is 3.16. The summed E-state index contributed by atoms with van der Waals surface area (Å²) in [7, 11) is 0. The molecule has 2 rings (SSSR count). The van der Waals surface area contributed by atoms with Gasteiger partial charge in [-0.1, -0.05) is 15.9 Å². The van der Waals surface area contributed by atoms with Gasteiger partial charge in [0.05, 0.1) is 4.92 Å². The molecule has 0 spiro atoms. The van der Waals surface area contributed by atoms with Crippen LogP contribution in [0, 0.1) is 10.1 Å². The lowest BCUT2D eigenvalue weighted by atomic mass is 10.2. The first-order valence-electron chi connectivity index (χ1n) is 4.11. The molecule has 0 saturated heterocycles. The third-order valence-electron chi connectivity index (χ3n) is 1.78. The van der Waals surface area contributed by atoms with Crippen LogP contribution in [-0.4, -0.2) is 15.1 Å². The quantitative estimate of drug-likeness (QED) is 0.667. The van der Waals surface area contributed by atoms with Gasteiger partial charge in [0, 0.05) is 22.2 Å². The third kappa shape index (κ3) is 2.01. The van der Waals surface area contributed by atoms with Crippen LogP contribution >= 0.6 is 15.9 Å². The van der Waals surface area contributed by atoms with Crippen LogP contribution in [0.2, 0.25) is 0 Å². The van der Waals surface area contributed by atoms with Gasteiger partial charge >= 0.3 is 0 Å². The second-order valence-electron chi connectivity index (χ2n) is 2.91. The molecule has 16 heavy (non-hydrogen) atoms. The first-order valence-corrected chi connectivity index (χ1v) is 4.90. The molecule has 0 radical (unpaired) electrons. The van der Waals surface area contributed by atoms with Crippen molar-refractivity contribution < 1.29 is 9.45 Å². The van der Waals surface area contributed by atoms with Crippen molar-refractivity contribution in [2.45, 2.75) is 0 Å². The molecule has 0 atom stereocenters. The third-order valence-corrected chi connectivity index (χ3v) is 2.24. The molecule has 0 fully saturated rings. The van der Waals surface area contributed by atoms with Gasteiger partial charge < -0.3 is 10.3 Å². The first kappa shape index (κ1) is 10.6. The number of non-ortho nitro benzene ring substituents is 1. The fraction of sp³-hybridized carbons (Fsp3) is 0. The van der Waals surface area contributed by atoms with Crippen molar-refractivity contribution in [1.82, 2.24) is 10.1 Å². The van der Waals surface area contributed by atoms with E-state index in [1.807, 2.05) is 0 Å². The molecule has 82 valence electrons. The van der Waals surface area contributed by atoms with Crippen molar-refractivity contribution in [2.75, 3.05) is 5.73 Å². The van der Waals surface area contributed by atoms with E-state index in [4.69, 9.17) is 10.3 Å². The van der Waals surface area contributed by atoms with E-state index < -0.39 is 4.92 Å². The van der Waals surface area contributed by atoms with E-state index in [9.17, 15) is 10.1 Å². The summed E-state index contributed by atoms with van der Waals surface area (Å²) in [4.78, 5) is 13.9. The van der Waals surface area contributed by atoms with Crippen LogP contribution in [0.1, 0.15) is 0 Å². The number of hydrogen-bond acceptors (Lipinski definition) is 6. The minimum Gasteiger partial charge on any atom is -0.365 e. The highest BCUT2D eigenvalue weighted by Crippen LogP contribution is 2.27. The van der Waals surface area contributed by atoms with E-state index in [2.05, 4.69) is 26.1 Å². The van der Waals surface area contributed by atoms with Gasteiger partial charge in [-0.15, -0.1) is 0 Å². The molecule has 0 amide bonds. The maximum Gasteiger partial charge on any atom is 0.271 e. The number of rotatable bonds is 2. The smallest absolute Gasteiger partial charge is 0.271 e. The average molecular weight is 285 g/mol. The van der Waals surface area contributed by atoms with E-state index in [0.717, 1.165) is 0 Å². The topological polar surface area (TPSA) is 108 Å². The number of hydrogen-bond donors (Lipinski definition) is 1. The molecule has 0 bridgehead atoms. The van der Waals surface area contributed by atoms with E-state index >= 15 is 0 Å². The van der Waals surface area contributed by atoms with Crippen molar-refractivity contribution in [3.63, 3.8) is 0 Å². The maximum atomic E-state index is 10.6. The Kier molecular flexibility index (Phi) is 2.57. The van der Waals surface area contributed by atoms with Crippen LogP contribution in [0.3, 0.4) is 0 Å². The van der Waals surface area contributed by atoms with Crippen LogP contribution in [0.4, 0.5) is 11.6 Å². The molecule has 0 aliphatic rings. The summed E-state index contributed by atoms with van der Waals surface area (Å²) in [5.74, 6) is 0.125. The zero-order valence-corrected chi connectivity index (χ0v) is 9.34. The van der Waals surface area contributed by atoms with Gasteiger partial charge in [-0.3, -0.25) is 10.1 Å². The molecule has 0 aliphatic heterocycles. The number of nitrogens with zero attached hydrogens (tertiary/aromatic N) is 3. The molecule has 0 unspecified atom stereocenters. The predicted molar refractivity (Wildman–Crippen MR) is 58.5 cm³/mol. The monoisotopic (exact) mass is 284 g/mol. The van der Waals surface area contributed by atoms with Gasteiger partial charge in [-0.25, -0.2) is 0 Å². The molecule has 1 aromatic heterocycles. The Morgan fingerprint density at radius 1 is 1.44 bits per heavy atom. The standard InChI is InChI=1S/C8H5BrN4O3/c9-5-1-4(2-6(3-5)13(14)15)7-11-8(10)12-16-7/h1-3H,(H2,10,12). The molecule has 0 saturated carbocycles. The molecule has 0 aliphatic carbocycles. The Bertz CT molecular complexity index is 554. The minimum atomic E-state index is -0.506. The zero-order chi connectivity index (χ0) is 11.7. The number of nitro groups is 1. The maximum absolute atomic E-state index is 10.6. The molecule has 2 aromatic rings. The van der Waals surface area contributed by atoms with Crippen LogP contribution < -0.4 is 5.73 Å². The SMILES string of the molecule is Nc1noc(-c2cc(Br)cc([N+](=O)[O-])c2)n1. The predicted octanol–water partition coefficient (Wildman–Crippen LogP) is 1.99. The molecular formula is C8H5BrN4O3. The first-order chi connectivity index (χ1) is 7.56. The highest BCUT2D eigenvalue weighted by Gasteiger charge is 2.13. The summed E-state index contributed by atoms with van der Waals surface area (Å²) in [6.07, 6.45) is 0. The Hall–Kier alpha value is -1.96. The van der Waals surface area contributed by atoms with Crippen molar-refractivity contribution >= 4 is 27.6 Å². The van der Waals surface area contributed by atoms with Gasteiger partial charge in [-0.2, -0.15) is 4.98 Å². The number of benzene rings is 1. The van der Waals surface area contributed by atoms with Crippen LogP contribution in [0.25, 0.3) is 11.5 Å². The molecular weight excluding hydrogens is 280 g/mol. The highest BCUT2D eigenvalue weighted by molar-refractivity contribution is 9.10. The van der Waals surface area contributed by atoms with E-state index in [-0.39, 0.29) is 17.5 Å². The molecule has 1 heterocycles. The second kappa shape index (κ2) is 3.89. The van der Waals surface area contributed by atoms with Crippen molar-refractivity contribution in [2.24, 2.45) is 0 Å². The zero-order valence-electron chi connectivity index (χ0n) is 7.75. The lowest BCUT2D eigenvalue weighted by Crippen LogP contribution is -1.89. The Morgan fingerprint density at radius 2 is 2.19 bits per heavy atom. The lowest BCUT2D eigenvalue weighted by molar-refractivity contribution is -0.384. The van der Waals surface area contributed by atoms with Gasteiger partial charge in [0.1, 0.15) is 0 Å². The number of anilines is 1. The fourth-order valence-corrected chi connectivity index (χ4v) is 1.64. The van der Waals surface area contributed by atoms with Crippen molar-refractivity contribution in [3.05, 3.63) is 32.8 Å². The van der Waals surface area contributed by atoms with E-state index in [1.165, 1.54) is 12.1 Å². The summed E-state index contributed by atoms with van der Waals surface area (Å²) in [5.41, 5.74) is 5.66. The van der Waals surface area contributed by atoms with Crippen molar-refractivity contribution in [1.29, 1.82) is 0 Å². The summed E-state index contributed by atoms with van der Waals surface area (Å²) in [6, 6.07) is 4.33. The number of nitro benzene ring substituents is 1. The molecule has 1 aromatic carbocycles. The number of nitrogens with two attached hydrogens (primary N) is 1. The Balaban J connectivity index is 2.53. The van der Waals surface area contributed by atoms with Crippen molar-refractivity contribution in [3.8, 4) is 11.5 Å². The minimum absolute atomic E-state index is 0.0161. The summed E-state index contributed by atoms with van der Waals surface area (Å²) < 4.78 is 5.36. The Morgan fingerprint density at radius 3 is 2.75 bits per heavy atom. The molecule has 7 nitrogen and oxygen atoms in total. The summed E-state index contributed by atoms with van der Waals surface area (Å²) in [5, 5.41) is 14.0. The lowest BCUT2D eigenvalue weighted by Gasteiger charge is -1.96. The fourth-order valence-electron chi connectivity index (χ4n) is 1.16. The number of nitrogen functional groups attached to an aromatic ring is 1. The second-order valence-corrected chi connectivity index (χ2v) is 3.83. The van der Waals surface area contributed by atoms with Gasteiger partial charge in [0.2, 0.25) is 0 Å². The van der Waals surface area contributed by atoms with Crippen LogP contribution in [-0.2, 0) is 0 Å². The van der Waals surface area contributed by atoms with Gasteiger partial charge in [0.15, 0.2) is 0 Å². The van der Waals surface area contributed by atoms with Crippen LogP contribution in [0.15, 0.2) is 27.2 Å². The summed E-state index contributed by atoms with van der Waals surface area (Å²) in [6.45, 7) is 0. The molecule has 8 heteroatoms. The average Bonchev–Trinajstić information content (AvgIpc) is 2.64. The highest BCUT2D eigenvalue weighted by atomic mass is 79.9. The van der Waals surface area contributed by atoms with Gasteiger partial charge in [0.25, 0.3) is 17.5 Å². The largest absolute Gasteiger partial charge is 0.365 e. The molecule has 2 N–H and O–H groups in total. The number of aromatic nitrogens is 2. The van der Waals surface area contributed by atoms with Crippen LogP contribution in [0.5, 0.6) is 0 Å². The number of halogens is 1. The van der Waals surface area contributed by atoms with E-state index in [0.29, 0.717) is 10.0 Å². The Labute approximate surface area is 97.5 Å². The van der Waals surface area contributed by atoms with Gasteiger partial charge in [-0.05, 0) is 11.2 Å². The normalized spacial score (nSPS) is 10.3.